The first-order valence-electron chi connectivity index (χ1n) is 7.77. The Hall–Kier alpha value is -1.32. The lowest BCUT2D eigenvalue weighted by molar-refractivity contribution is -0.146. The minimum Gasteiger partial charge on any atom is -0.460 e. The second kappa shape index (κ2) is 7.62. The fourth-order valence-corrected chi connectivity index (χ4v) is 2.66. The van der Waals surface area contributed by atoms with E-state index in [-0.39, 0.29) is 12.2 Å². The van der Waals surface area contributed by atoms with Crippen LogP contribution in [0.15, 0.2) is 12.2 Å². The van der Waals surface area contributed by atoms with Gasteiger partial charge in [-0.05, 0) is 50.9 Å². The molecule has 120 valence electrons. The van der Waals surface area contributed by atoms with Gasteiger partial charge in [-0.3, -0.25) is 0 Å². The first kappa shape index (κ1) is 17.7. The third kappa shape index (κ3) is 6.78. The first-order chi connectivity index (χ1) is 9.68. The molecule has 0 N–H and O–H groups in total. The van der Waals surface area contributed by atoms with Gasteiger partial charge in [-0.15, -0.1) is 0 Å². The van der Waals surface area contributed by atoms with E-state index in [1.807, 2.05) is 0 Å². The zero-order valence-corrected chi connectivity index (χ0v) is 13.8. The van der Waals surface area contributed by atoms with Crippen LogP contribution in [-0.2, 0) is 19.1 Å². The van der Waals surface area contributed by atoms with Crippen LogP contribution in [0.3, 0.4) is 0 Å². The Bertz CT molecular complexity index is 382. The summed E-state index contributed by atoms with van der Waals surface area (Å²) in [5, 5.41) is 0. The molecule has 0 radical (unpaired) electrons. The van der Waals surface area contributed by atoms with E-state index < -0.39 is 11.9 Å². The average molecular weight is 296 g/mol. The van der Waals surface area contributed by atoms with Crippen LogP contribution in [0.5, 0.6) is 0 Å². The molecular weight excluding hydrogens is 268 g/mol. The summed E-state index contributed by atoms with van der Waals surface area (Å²) in [7, 11) is 0. The van der Waals surface area contributed by atoms with E-state index in [4.69, 9.17) is 9.47 Å². The molecule has 0 spiro atoms. The molecule has 1 rings (SSSR count). The summed E-state index contributed by atoms with van der Waals surface area (Å²) in [6, 6.07) is 0. The fourth-order valence-electron chi connectivity index (χ4n) is 2.66. The van der Waals surface area contributed by atoms with E-state index in [0.717, 1.165) is 37.8 Å². The van der Waals surface area contributed by atoms with Crippen molar-refractivity contribution in [3.05, 3.63) is 12.2 Å². The lowest BCUT2D eigenvalue weighted by Crippen LogP contribution is -2.30. The maximum absolute atomic E-state index is 11.7. The summed E-state index contributed by atoms with van der Waals surface area (Å²) in [6.07, 6.45) is 6.04. The Morgan fingerprint density at radius 3 is 2.00 bits per heavy atom. The van der Waals surface area contributed by atoms with E-state index in [2.05, 4.69) is 20.8 Å². The first-order valence-corrected chi connectivity index (χ1v) is 7.77. The Labute approximate surface area is 127 Å². The van der Waals surface area contributed by atoms with E-state index in [1.54, 1.807) is 13.8 Å². The third-order valence-electron chi connectivity index (χ3n) is 3.89. The fraction of sp³-hybridized carbons (Fsp3) is 0.765. The predicted molar refractivity (Wildman–Crippen MR) is 81.7 cm³/mol. The van der Waals surface area contributed by atoms with Crippen molar-refractivity contribution in [2.75, 3.05) is 0 Å². The second-order valence-electron chi connectivity index (χ2n) is 7.10. The van der Waals surface area contributed by atoms with Gasteiger partial charge in [0.05, 0.1) is 6.10 Å². The topological polar surface area (TPSA) is 52.6 Å². The number of hydrogen-bond donors (Lipinski definition) is 0. The molecule has 0 aliphatic heterocycles. The maximum atomic E-state index is 11.7. The molecule has 1 aliphatic rings. The predicted octanol–water partition coefficient (Wildman–Crippen LogP) is 3.64. The van der Waals surface area contributed by atoms with Crippen LogP contribution in [-0.4, -0.2) is 24.1 Å². The van der Waals surface area contributed by atoms with Gasteiger partial charge in [0.2, 0.25) is 0 Å². The Kier molecular flexibility index (Phi) is 6.43. The van der Waals surface area contributed by atoms with Crippen molar-refractivity contribution in [2.45, 2.75) is 72.5 Å². The smallest absolute Gasteiger partial charge is 0.331 e. The van der Waals surface area contributed by atoms with Crippen molar-refractivity contribution in [1.82, 2.24) is 0 Å². The van der Waals surface area contributed by atoms with Crippen LogP contribution in [0.25, 0.3) is 0 Å². The van der Waals surface area contributed by atoms with Crippen LogP contribution in [0.1, 0.15) is 60.3 Å². The SMILES string of the molecule is CC(C)OC(=O)/C=C/C(=O)OC1CCC(C(C)(C)C)CC1. The van der Waals surface area contributed by atoms with Crippen molar-refractivity contribution in [3.63, 3.8) is 0 Å². The van der Waals surface area contributed by atoms with E-state index in [9.17, 15) is 9.59 Å². The maximum Gasteiger partial charge on any atom is 0.331 e. The minimum absolute atomic E-state index is 0.0260. The van der Waals surface area contributed by atoms with Gasteiger partial charge in [0.1, 0.15) is 6.10 Å². The van der Waals surface area contributed by atoms with Gasteiger partial charge in [-0.1, -0.05) is 20.8 Å². The number of ether oxygens (including phenoxy) is 2. The van der Waals surface area contributed by atoms with Gasteiger partial charge in [-0.2, -0.15) is 0 Å². The summed E-state index contributed by atoms with van der Waals surface area (Å²) >= 11 is 0. The molecule has 0 heterocycles. The van der Waals surface area contributed by atoms with Crippen molar-refractivity contribution in [1.29, 1.82) is 0 Å². The van der Waals surface area contributed by atoms with Crippen LogP contribution < -0.4 is 0 Å². The monoisotopic (exact) mass is 296 g/mol. The number of rotatable bonds is 4. The van der Waals surface area contributed by atoms with Crippen molar-refractivity contribution in [3.8, 4) is 0 Å². The highest BCUT2D eigenvalue weighted by atomic mass is 16.5. The van der Waals surface area contributed by atoms with E-state index in [0.29, 0.717) is 11.3 Å². The molecule has 4 nitrogen and oxygen atoms in total. The Morgan fingerprint density at radius 1 is 1.00 bits per heavy atom. The van der Waals surface area contributed by atoms with Gasteiger partial charge in [0.25, 0.3) is 0 Å². The minimum atomic E-state index is -0.515. The van der Waals surface area contributed by atoms with Gasteiger partial charge in [0, 0.05) is 12.2 Å². The van der Waals surface area contributed by atoms with Crippen LogP contribution >= 0.6 is 0 Å². The summed E-state index contributed by atoms with van der Waals surface area (Å²) in [5.74, 6) is -0.294. The third-order valence-corrected chi connectivity index (χ3v) is 3.89. The highest BCUT2D eigenvalue weighted by molar-refractivity contribution is 5.91. The van der Waals surface area contributed by atoms with Crippen LogP contribution in [0, 0.1) is 11.3 Å². The molecule has 0 saturated heterocycles. The molecule has 1 saturated carbocycles. The Morgan fingerprint density at radius 2 is 1.52 bits per heavy atom. The second-order valence-corrected chi connectivity index (χ2v) is 7.10. The van der Waals surface area contributed by atoms with Gasteiger partial charge < -0.3 is 9.47 Å². The standard InChI is InChI=1S/C17H28O4/c1-12(2)20-15(18)10-11-16(19)21-14-8-6-13(7-9-14)17(3,4)5/h10-14H,6-9H2,1-5H3/b11-10+. The molecule has 0 aromatic rings. The van der Waals surface area contributed by atoms with Gasteiger partial charge in [-0.25, -0.2) is 9.59 Å². The van der Waals surface area contributed by atoms with Gasteiger partial charge in [0.15, 0.2) is 0 Å². The quantitative estimate of drug-likeness (QED) is 0.587. The molecule has 0 unspecified atom stereocenters. The molecule has 0 bridgehead atoms. The summed E-state index contributed by atoms with van der Waals surface area (Å²) in [4.78, 5) is 22.9. The van der Waals surface area contributed by atoms with Crippen molar-refractivity contribution in [2.24, 2.45) is 11.3 Å². The number of esters is 2. The number of hydrogen-bond acceptors (Lipinski definition) is 4. The number of carbonyl (C=O) groups is 2. The lowest BCUT2D eigenvalue weighted by Gasteiger charge is -2.36. The zero-order valence-electron chi connectivity index (χ0n) is 13.8. The van der Waals surface area contributed by atoms with E-state index in [1.165, 1.54) is 0 Å². The molecule has 21 heavy (non-hydrogen) atoms. The van der Waals surface area contributed by atoms with Crippen molar-refractivity contribution >= 4 is 11.9 Å². The highest BCUT2D eigenvalue weighted by Crippen LogP contribution is 2.38. The molecule has 0 aromatic carbocycles. The molecule has 0 amide bonds. The summed E-state index contributed by atoms with van der Waals surface area (Å²) < 4.78 is 10.3. The molecule has 0 aromatic heterocycles. The molecule has 0 atom stereocenters. The van der Waals surface area contributed by atoms with E-state index >= 15 is 0 Å². The Balaban J connectivity index is 2.34. The number of carbonyl (C=O) groups excluding carboxylic acids is 2. The zero-order chi connectivity index (χ0) is 16.0. The lowest BCUT2D eigenvalue weighted by atomic mass is 9.72. The highest BCUT2D eigenvalue weighted by Gasteiger charge is 2.30. The van der Waals surface area contributed by atoms with Crippen molar-refractivity contribution < 1.29 is 19.1 Å². The molecule has 4 heteroatoms. The summed E-state index contributed by atoms with van der Waals surface area (Å²) in [6.45, 7) is 10.3. The molecule has 1 aliphatic carbocycles. The average Bonchev–Trinajstić information content (AvgIpc) is 2.35. The van der Waals surface area contributed by atoms with Crippen LogP contribution in [0.4, 0.5) is 0 Å². The largest absolute Gasteiger partial charge is 0.460 e. The van der Waals surface area contributed by atoms with Crippen LogP contribution in [0.2, 0.25) is 0 Å². The normalized spacial score (nSPS) is 23.3. The van der Waals surface area contributed by atoms with Gasteiger partial charge >= 0.3 is 11.9 Å². The molecular formula is C17H28O4. The summed E-state index contributed by atoms with van der Waals surface area (Å²) in [5.41, 5.74) is 0.315. The molecule has 1 fully saturated rings.